The van der Waals surface area contributed by atoms with Gasteiger partial charge in [-0.25, -0.2) is 8.42 Å². The minimum Gasteiger partial charge on any atom is -0.419 e. The zero-order valence-corrected chi connectivity index (χ0v) is 13.1. The van der Waals surface area contributed by atoms with Crippen molar-refractivity contribution in [3.05, 3.63) is 40.1 Å². The lowest BCUT2D eigenvalue weighted by molar-refractivity contribution is -0.384. The SMILES string of the molecule is N#Cc1nc(-c2ccc([N+](=O)[O-])cc2)oc1N[C@H]1CCS(=O)(=O)C1. The summed E-state index contributed by atoms with van der Waals surface area (Å²) < 4.78 is 28.5. The van der Waals surface area contributed by atoms with Crippen LogP contribution < -0.4 is 5.32 Å². The van der Waals surface area contributed by atoms with Crippen LogP contribution in [-0.2, 0) is 9.84 Å². The standard InChI is InChI=1S/C14H12N4O5S/c15-7-12-14(16-10-5-6-24(21,22)8-10)23-13(17-12)9-1-3-11(4-2-9)18(19)20/h1-4,10,16H,5-6,8H2/t10-/m0/s1. The van der Waals surface area contributed by atoms with Gasteiger partial charge < -0.3 is 9.73 Å². The zero-order valence-electron chi connectivity index (χ0n) is 12.3. The average molecular weight is 348 g/mol. The van der Waals surface area contributed by atoms with Crippen LogP contribution in [-0.4, -0.2) is 35.9 Å². The molecule has 3 rings (SSSR count). The maximum atomic E-state index is 11.5. The molecule has 0 unspecified atom stereocenters. The van der Waals surface area contributed by atoms with Gasteiger partial charge in [-0.2, -0.15) is 10.2 Å². The van der Waals surface area contributed by atoms with Crippen LogP contribution in [0.15, 0.2) is 28.7 Å². The predicted molar refractivity (Wildman–Crippen MR) is 84.0 cm³/mol. The van der Waals surface area contributed by atoms with Crippen molar-refractivity contribution >= 4 is 21.4 Å². The van der Waals surface area contributed by atoms with E-state index in [1.165, 1.54) is 24.3 Å². The summed E-state index contributed by atoms with van der Waals surface area (Å²) in [6, 6.07) is 7.10. The molecule has 1 saturated heterocycles. The highest BCUT2D eigenvalue weighted by Gasteiger charge is 2.29. The van der Waals surface area contributed by atoms with Crippen LogP contribution in [0.1, 0.15) is 12.1 Å². The molecular weight excluding hydrogens is 336 g/mol. The summed E-state index contributed by atoms with van der Waals surface area (Å²) in [6.07, 6.45) is 0.431. The Bertz CT molecular complexity index is 927. The van der Waals surface area contributed by atoms with Gasteiger partial charge in [0.15, 0.2) is 9.84 Å². The number of non-ortho nitro benzene ring substituents is 1. The number of sulfone groups is 1. The van der Waals surface area contributed by atoms with E-state index >= 15 is 0 Å². The third-order valence-corrected chi connectivity index (χ3v) is 5.39. The molecule has 0 radical (unpaired) electrons. The number of oxazole rings is 1. The number of nitriles is 1. The number of nitrogens with one attached hydrogen (secondary N) is 1. The highest BCUT2D eigenvalue weighted by Crippen LogP contribution is 2.28. The number of nitro groups is 1. The molecule has 0 spiro atoms. The van der Waals surface area contributed by atoms with Gasteiger partial charge in [0.1, 0.15) is 6.07 Å². The largest absolute Gasteiger partial charge is 0.419 e. The smallest absolute Gasteiger partial charge is 0.269 e. The first-order valence-electron chi connectivity index (χ1n) is 7.01. The van der Waals surface area contributed by atoms with E-state index < -0.39 is 14.8 Å². The molecular formula is C14H12N4O5S. The van der Waals surface area contributed by atoms with Crippen molar-refractivity contribution < 1.29 is 17.8 Å². The Kier molecular flexibility index (Phi) is 3.94. The number of rotatable bonds is 4. The van der Waals surface area contributed by atoms with E-state index in [4.69, 9.17) is 9.68 Å². The van der Waals surface area contributed by atoms with Crippen molar-refractivity contribution in [3.63, 3.8) is 0 Å². The van der Waals surface area contributed by atoms with E-state index in [0.717, 1.165) is 0 Å². The maximum absolute atomic E-state index is 11.5. The van der Waals surface area contributed by atoms with E-state index in [9.17, 15) is 18.5 Å². The zero-order chi connectivity index (χ0) is 17.3. The summed E-state index contributed by atoms with van der Waals surface area (Å²) in [5.74, 6) is 0.305. The molecule has 0 amide bonds. The predicted octanol–water partition coefficient (Wildman–Crippen LogP) is 1.72. The number of benzene rings is 1. The summed E-state index contributed by atoms with van der Waals surface area (Å²) in [6.45, 7) is 0. The van der Waals surface area contributed by atoms with Crippen LogP contribution >= 0.6 is 0 Å². The van der Waals surface area contributed by atoms with Crippen molar-refractivity contribution in [2.24, 2.45) is 0 Å². The first kappa shape index (κ1) is 15.9. The van der Waals surface area contributed by atoms with Crippen molar-refractivity contribution in [3.8, 4) is 17.5 Å². The van der Waals surface area contributed by atoms with Gasteiger partial charge in [-0.05, 0) is 18.6 Å². The van der Waals surface area contributed by atoms with Crippen molar-refractivity contribution in [1.29, 1.82) is 5.26 Å². The molecule has 24 heavy (non-hydrogen) atoms. The summed E-state index contributed by atoms with van der Waals surface area (Å²) in [7, 11) is -3.06. The number of hydrogen-bond acceptors (Lipinski definition) is 8. The number of hydrogen-bond donors (Lipinski definition) is 1. The fourth-order valence-corrected chi connectivity index (χ4v) is 4.11. The van der Waals surface area contributed by atoms with Gasteiger partial charge in [-0.3, -0.25) is 10.1 Å². The van der Waals surface area contributed by atoms with Gasteiger partial charge in [-0.15, -0.1) is 0 Å². The highest BCUT2D eigenvalue weighted by molar-refractivity contribution is 7.91. The van der Waals surface area contributed by atoms with Crippen LogP contribution in [0.2, 0.25) is 0 Å². The van der Waals surface area contributed by atoms with Crippen LogP contribution in [0.3, 0.4) is 0 Å². The van der Waals surface area contributed by atoms with Gasteiger partial charge >= 0.3 is 0 Å². The van der Waals surface area contributed by atoms with E-state index in [1.54, 1.807) is 0 Å². The normalized spacial score (nSPS) is 18.9. The number of anilines is 1. The Hall–Kier alpha value is -2.93. The minimum absolute atomic E-state index is 0.00708. The lowest BCUT2D eigenvalue weighted by atomic mass is 10.2. The third kappa shape index (κ3) is 3.21. The second-order valence-electron chi connectivity index (χ2n) is 5.36. The molecule has 1 aromatic carbocycles. The lowest BCUT2D eigenvalue weighted by Gasteiger charge is -2.08. The molecule has 0 bridgehead atoms. The Morgan fingerprint density at radius 2 is 2.08 bits per heavy atom. The monoisotopic (exact) mass is 348 g/mol. The molecule has 1 atom stereocenters. The minimum atomic E-state index is -3.06. The molecule has 2 heterocycles. The van der Waals surface area contributed by atoms with Crippen molar-refractivity contribution in [2.45, 2.75) is 12.5 Å². The molecule has 1 N–H and O–H groups in total. The van der Waals surface area contributed by atoms with Crippen molar-refractivity contribution in [1.82, 2.24) is 4.98 Å². The highest BCUT2D eigenvalue weighted by atomic mass is 32.2. The average Bonchev–Trinajstić information content (AvgIpc) is 3.10. The second kappa shape index (κ2) is 5.93. The molecule has 2 aromatic rings. The second-order valence-corrected chi connectivity index (χ2v) is 7.59. The first-order chi connectivity index (χ1) is 11.4. The number of nitrogens with zero attached hydrogens (tertiary/aromatic N) is 3. The molecule has 0 aliphatic carbocycles. The van der Waals surface area contributed by atoms with E-state index in [1.807, 2.05) is 6.07 Å². The number of aromatic nitrogens is 1. The summed E-state index contributed by atoms with van der Waals surface area (Å²) in [4.78, 5) is 14.2. The Morgan fingerprint density at radius 1 is 1.38 bits per heavy atom. The molecule has 1 aromatic heterocycles. The Balaban J connectivity index is 1.85. The Labute approximate surface area is 137 Å². The lowest BCUT2D eigenvalue weighted by Crippen LogP contribution is -2.20. The summed E-state index contributed by atoms with van der Waals surface area (Å²) in [5, 5.41) is 22.7. The fraction of sp³-hybridized carbons (Fsp3) is 0.286. The van der Waals surface area contributed by atoms with Crippen LogP contribution in [0.5, 0.6) is 0 Å². The molecule has 1 aliphatic heterocycles. The van der Waals surface area contributed by atoms with Crippen LogP contribution in [0.25, 0.3) is 11.5 Å². The van der Waals surface area contributed by atoms with Gasteiger partial charge in [0.2, 0.25) is 17.5 Å². The van der Waals surface area contributed by atoms with Crippen LogP contribution in [0, 0.1) is 21.4 Å². The molecule has 0 saturated carbocycles. The van der Waals surface area contributed by atoms with E-state index in [2.05, 4.69) is 10.3 Å². The first-order valence-corrected chi connectivity index (χ1v) is 8.83. The molecule has 10 heteroatoms. The summed E-state index contributed by atoms with van der Waals surface area (Å²) >= 11 is 0. The van der Waals surface area contributed by atoms with E-state index in [0.29, 0.717) is 12.0 Å². The van der Waals surface area contributed by atoms with Crippen molar-refractivity contribution in [2.75, 3.05) is 16.8 Å². The fourth-order valence-electron chi connectivity index (χ4n) is 2.44. The molecule has 1 aliphatic rings. The van der Waals surface area contributed by atoms with Crippen LogP contribution in [0.4, 0.5) is 11.6 Å². The number of nitro benzene ring substituents is 1. The molecule has 124 valence electrons. The third-order valence-electron chi connectivity index (χ3n) is 3.63. The quantitative estimate of drug-likeness (QED) is 0.650. The topological polar surface area (TPSA) is 139 Å². The van der Waals surface area contributed by atoms with Gasteiger partial charge in [0, 0.05) is 23.7 Å². The van der Waals surface area contributed by atoms with Gasteiger partial charge in [0.05, 0.1) is 16.4 Å². The molecule has 9 nitrogen and oxygen atoms in total. The van der Waals surface area contributed by atoms with Gasteiger partial charge in [0.25, 0.3) is 5.69 Å². The van der Waals surface area contributed by atoms with Gasteiger partial charge in [-0.1, -0.05) is 0 Å². The summed E-state index contributed by atoms with van der Waals surface area (Å²) in [5.41, 5.74) is 0.414. The molecule has 1 fully saturated rings. The van der Waals surface area contributed by atoms with E-state index in [-0.39, 0.29) is 40.7 Å². The Morgan fingerprint density at radius 3 is 2.62 bits per heavy atom. The maximum Gasteiger partial charge on any atom is 0.269 e.